The van der Waals surface area contributed by atoms with E-state index in [4.69, 9.17) is 0 Å². The largest absolute Gasteiger partial charge is 0.279 e. The molecule has 0 amide bonds. The van der Waals surface area contributed by atoms with Gasteiger partial charge in [0.2, 0.25) is 0 Å². The van der Waals surface area contributed by atoms with Gasteiger partial charge in [-0.05, 0) is 33.4 Å². The molecule has 0 aliphatic heterocycles. The second kappa shape index (κ2) is 5.46. The Bertz CT molecular complexity index is 775. The van der Waals surface area contributed by atoms with Gasteiger partial charge in [-0.15, -0.1) is 11.3 Å². The van der Waals surface area contributed by atoms with Gasteiger partial charge in [-0.2, -0.15) is 0 Å². The normalized spacial score (nSPS) is 11.3. The molecule has 0 saturated carbocycles. The summed E-state index contributed by atoms with van der Waals surface area (Å²) >= 11 is 4.04. The maximum atomic E-state index is 13.2. The van der Waals surface area contributed by atoms with Crippen molar-refractivity contribution in [1.82, 2.24) is 0 Å². The number of halogens is 2. The molecule has 6 nitrogen and oxygen atoms in total. The molecule has 0 aliphatic carbocycles. The molecule has 2 rings (SSSR count). The summed E-state index contributed by atoms with van der Waals surface area (Å²) in [7, 11) is -3.93. The summed E-state index contributed by atoms with van der Waals surface area (Å²) in [5, 5.41) is 12.2. The molecule has 0 spiro atoms. The number of nitro benzene ring substituents is 1. The fourth-order valence-electron chi connectivity index (χ4n) is 1.41. The van der Waals surface area contributed by atoms with Gasteiger partial charge < -0.3 is 0 Å². The minimum absolute atomic E-state index is 0.00409. The summed E-state index contributed by atoms with van der Waals surface area (Å²) in [5.74, 6) is -0.901. The number of rotatable bonds is 4. The van der Waals surface area contributed by atoms with E-state index in [1.54, 1.807) is 11.4 Å². The van der Waals surface area contributed by atoms with E-state index in [1.165, 1.54) is 0 Å². The Morgan fingerprint density at radius 3 is 2.60 bits per heavy atom. The smallest absolute Gasteiger partial charge is 0.274 e. The van der Waals surface area contributed by atoms with Crippen LogP contribution in [-0.2, 0) is 10.0 Å². The van der Waals surface area contributed by atoms with Crippen LogP contribution in [0.15, 0.2) is 38.3 Å². The van der Waals surface area contributed by atoms with Crippen LogP contribution >= 0.6 is 27.3 Å². The fourth-order valence-corrected chi connectivity index (χ4v) is 4.79. The molecule has 0 radical (unpaired) electrons. The number of nitrogens with zero attached hydrogens (tertiary/aromatic N) is 1. The predicted molar refractivity (Wildman–Crippen MR) is 75.9 cm³/mol. The van der Waals surface area contributed by atoms with Crippen molar-refractivity contribution in [2.24, 2.45) is 0 Å². The van der Waals surface area contributed by atoms with Gasteiger partial charge >= 0.3 is 0 Å². The minimum atomic E-state index is -3.93. The fraction of sp³-hybridized carbons (Fsp3) is 0. The maximum Gasteiger partial charge on any atom is 0.274 e. The monoisotopic (exact) mass is 380 g/mol. The zero-order valence-corrected chi connectivity index (χ0v) is 12.8. The first-order valence-corrected chi connectivity index (χ1v) is 8.16. The Morgan fingerprint density at radius 1 is 1.35 bits per heavy atom. The van der Waals surface area contributed by atoms with Crippen molar-refractivity contribution in [3.05, 3.63) is 50.0 Å². The molecule has 1 N–H and O–H groups in total. The van der Waals surface area contributed by atoms with Gasteiger partial charge in [0.05, 0.1) is 16.7 Å². The number of nitrogens with one attached hydrogen (secondary N) is 1. The number of benzene rings is 1. The van der Waals surface area contributed by atoms with Gasteiger partial charge in [0.15, 0.2) is 4.21 Å². The second-order valence-corrected chi connectivity index (χ2v) is 7.26. The number of anilines is 1. The number of sulfonamides is 1. The molecular weight excluding hydrogens is 375 g/mol. The van der Waals surface area contributed by atoms with Gasteiger partial charge in [-0.25, -0.2) is 12.8 Å². The molecule has 0 bridgehead atoms. The summed E-state index contributed by atoms with van der Waals surface area (Å²) in [6, 6.07) is 4.07. The lowest BCUT2D eigenvalue weighted by molar-refractivity contribution is -0.385. The Balaban J connectivity index is 2.40. The summed E-state index contributed by atoms with van der Waals surface area (Å²) < 4.78 is 39.8. The highest BCUT2D eigenvalue weighted by Gasteiger charge is 2.21. The highest BCUT2D eigenvalue weighted by atomic mass is 79.9. The third-order valence-electron chi connectivity index (χ3n) is 2.17. The molecule has 106 valence electrons. The highest BCUT2D eigenvalue weighted by Crippen LogP contribution is 2.30. The third-order valence-corrected chi connectivity index (χ3v) is 6.23. The molecule has 0 aliphatic rings. The Labute approximate surface area is 125 Å². The summed E-state index contributed by atoms with van der Waals surface area (Å²) in [6.07, 6.45) is 0. The zero-order valence-electron chi connectivity index (χ0n) is 9.54. The molecule has 1 heterocycles. The van der Waals surface area contributed by atoms with Crippen LogP contribution in [0.3, 0.4) is 0 Å². The lowest BCUT2D eigenvalue weighted by Gasteiger charge is -2.07. The minimum Gasteiger partial charge on any atom is -0.279 e. The van der Waals surface area contributed by atoms with Crippen molar-refractivity contribution < 1.29 is 17.7 Å². The molecule has 2 aromatic rings. The van der Waals surface area contributed by atoms with Crippen LogP contribution in [-0.4, -0.2) is 13.3 Å². The average Bonchev–Trinajstić information content (AvgIpc) is 2.74. The van der Waals surface area contributed by atoms with Crippen molar-refractivity contribution >= 4 is 48.7 Å². The molecule has 0 unspecified atom stereocenters. The van der Waals surface area contributed by atoms with Crippen molar-refractivity contribution in [3.8, 4) is 0 Å². The molecule has 0 atom stereocenters. The lowest BCUT2D eigenvalue weighted by Crippen LogP contribution is -2.12. The number of hydrogen-bond acceptors (Lipinski definition) is 5. The van der Waals surface area contributed by atoms with Crippen molar-refractivity contribution in [2.45, 2.75) is 4.21 Å². The summed E-state index contributed by atoms with van der Waals surface area (Å²) in [4.78, 5) is 9.81. The van der Waals surface area contributed by atoms with Crippen LogP contribution < -0.4 is 4.72 Å². The van der Waals surface area contributed by atoms with Crippen LogP contribution in [0, 0.1) is 15.9 Å². The van der Waals surface area contributed by atoms with Crippen molar-refractivity contribution in [1.29, 1.82) is 0 Å². The second-order valence-electron chi connectivity index (χ2n) is 3.62. The Hall–Kier alpha value is -1.52. The zero-order chi connectivity index (χ0) is 14.9. The van der Waals surface area contributed by atoms with E-state index in [-0.39, 0.29) is 9.90 Å². The van der Waals surface area contributed by atoms with Gasteiger partial charge in [0.25, 0.3) is 15.7 Å². The van der Waals surface area contributed by atoms with Crippen LogP contribution in [0.4, 0.5) is 15.8 Å². The van der Waals surface area contributed by atoms with Crippen LogP contribution in [0.5, 0.6) is 0 Å². The summed E-state index contributed by atoms with van der Waals surface area (Å²) in [5.41, 5.74) is -0.745. The quantitative estimate of drug-likeness (QED) is 0.650. The standard InChI is InChI=1S/C10H6BrFN2O4S2/c11-9-1-2-19-10(9)20(17,18)13-7-3-6(12)4-8(5-7)14(15)16/h1-5,13H. The maximum absolute atomic E-state index is 13.2. The lowest BCUT2D eigenvalue weighted by atomic mass is 10.3. The average molecular weight is 381 g/mol. The first-order chi connectivity index (χ1) is 9.29. The highest BCUT2D eigenvalue weighted by molar-refractivity contribution is 9.10. The van der Waals surface area contributed by atoms with E-state index < -0.39 is 26.5 Å². The Kier molecular flexibility index (Phi) is 4.06. The summed E-state index contributed by atoms with van der Waals surface area (Å²) in [6.45, 7) is 0. The van der Waals surface area contributed by atoms with Crippen molar-refractivity contribution in [2.75, 3.05) is 4.72 Å². The van der Waals surface area contributed by atoms with Gasteiger partial charge in [-0.3, -0.25) is 14.8 Å². The van der Waals surface area contributed by atoms with Crippen molar-refractivity contribution in [3.63, 3.8) is 0 Å². The van der Waals surface area contributed by atoms with E-state index in [0.717, 1.165) is 23.5 Å². The predicted octanol–water partition coefficient (Wildman–Crippen LogP) is 3.36. The van der Waals surface area contributed by atoms with E-state index in [9.17, 15) is 22.9 Å². The molecule has 0 saturated heterocycles. The van der Waals surface area contributed by atoms with Gasteiger partial charge in [0.1, 0.15) is 5.82 Å². The molecule has 1 aromatic heterocycles. The Morgan fingerprint density at radius 2 is 2.05 bits per heavy atom. The molecular formula is C10H6BrFN2O4S2. The van der Waals surface area contributed by atoms with E-state index in [2.05, 4.69) is 20.7 Å². The number of nitro groups is 1. The number of hydrogen-bond donors (Lipinski definition) is 1. The number of non-ortho nitro benzene ring substituents is 1. The molecule has 10 heteroatoms. The topological polar surface area (TPSA) is 89.3 Å². The van der Waals surface area contributed by atoms with Crippen LogP contribution in [0.2, 0.25) is 0 Å². The van der Waals surface area contributed by atoms with E-state index in [0.29, 0.717) is 10.5 Å². The van der Waals surface area contributed by atoms with Crippen LogP contribution in [0.1, 0.15) is 0 Å². The van der Waals surface area contributed by atoms with Gasteiger partial charge in [0, 0.05) is 10.5 Å². The van der Waals surface area contributed by atoms with Crippen LogP contribution in [0.25, 0.3) is 0 Å². The molecule has 20 heavy (non-hydrogen) atoms. The van der Waals surface area contributed by atoms with E-state index >= 15 is 0 Å². The SMILES string of the molecule is O=[N+]([O-])c1cc(F)cc(NS(=O)(=O)c2sccc2Br)c1. The first kappa shape index (κ1) is 14.9. The molecule has 1 aromatic carbocycles. The first-order valence-electron chi connectivity index (χ1n) is 5.00. The van der Waals surface area contributed by atoms with Gasteiger partial charge in [-0.1, -0.05) is 0 Å². The molecule has 0 fully saturated rings. The van der Waals surface area contributed by atoms with E-state index in [1.807, 2.05) is 0 Å². The number of thiophene rings is 1. The third kappa shape index (κ3) is 3.14.